The van der Waals surface area contributed by atoms with Crippen LogP contribution in [0.1, 0.15) is 43.0 Å². The van der Waals surface area contributed by atoms with Gasteiger partial charge in [-0.3, -0.25) is 14.2 Å². The summed E-state index contributed by atoms with van der Waals surface area (Å²) in [7, 11) is 0. The summed E-state index contributed by atoms with van der Waals surface area (Å²) in [5.74, 6) is -0.0681. The number of fused-ring (bicyclic) bond motifs is 1. The lowest BCUT2D eigenvalue weighted by molar-refractivity contribution is -0.119. The van der Waals surface area contributed by atoms with Gasteiger partial charge in [-0.25, -0.2) is 4.98 Å². The molecule has 2 aromatic heterocycles. The Balaban J connectivity index is 1.57. The average molecular weight is 467 g/mol. The number of thioether (sulfide) groups is 1. The summed E-state index contributed by atoms with van der Waals surface area (Å²) in [6, 6.07) is 14.3. The molecular formula is C24H26N4O2S2. The monoisotopic (exact) mass is 466 g/mol. The molecule has 1 aliphatic carbocycles. The average Bonchev–Trinajstić information content (AvgIpc) is 3.45. The third-order valence-electron chi connectivity index (χ3n) is 5.86. The zero-order valence-electron chi connectivity index (χ0n) is 18.1. The number of nitriles is 1. The molecular weight excluding hydrogens is 440 g/mol. The van der Waals surface area contributed by atoms with E-state index in [2.05, 4.69) is 18.3 Å². The van der Waals surface area contributed by atoms with Crippen LogP contribution in [-0.2, 0) is 24.2 Å². The van der Waals surface area contributed by atoms with Crippen LogP contribution in [0.25, 0.3) is 10.2 Å². The van der Waals surface area contributed by atoms with E-state index in [1.165, 1.54) is 23.1 Å². The SMILES string of the molecule is CCc1cc2c(=O)n(CCc3ccccc3)c(SCC(=O)NC3(C#N)CCCC3)nc2s1. The number of nitrogens with one attached hydrogen (secondary N) is 1. The van der Waals surface area contributed by atoms with E-state index in [0.29, 0.717) is 36.3 Å². The van der Waals surface area contributed by atoms with Crippen LogP contribution in [-0.4, -0.2) is 26.8 Å². The highest BCUT2D eigenvalue weighted by molar-refractivity contribution is 7.99. The number of carbonyl (C=O) groups excluding carboxylic acids is 1. The van der Waals surface area contributed by atoms with Crippen LogP contribution >= 0.6 is 23.1 Å². The molecule has 6 nitrogen and oxygen atoms in total. The molecule has 1 N–H and O–H groups in total. The van der Waals surface area contributed by atoms with Crippen molar-refractivity contribution in [2.75, 3.05) is 5.75 Å². The maximum Gasteiger partial charge on any atom is 0.262 e. The Hall–Kier alpha value is -2.63. The van der Waals surface area contributed by atoms with E-state index in [0.717, 1.165) is 34.5 Å². The molecule has 1 aromatic carbocycles. The summed E-state index contributed by atoms with van der Waals surface area (Å²) in [5.41, 5.74) is 0.338. The molecule has 8 heteroatoms. The zero-order valence-corrected chi connectivity index (χ0v) is 19.7. The molecule has 1 aliphatic rings. The first kappa shape index (κ1) is 22.6. The molecule has 1 saturated carbocycles. The van der Waals surface area contributed by atoms with Gasteiger partial charge in [-0.1, -0.05) is 49.0 Å². The van der Waals surface area contributed by atoms with E-state index < -0.39 is 5.54 Å². The normalized spacial score (nSPS) is 15.0. The Morgan fingerprint density at radius 3 is 2.75 bits per heavy atom. The molecule has 0 radical (unpaired) electrons. The van der Waals surface area contributed by atoms with E-state index in [4.69, 9.17) is 4.98 Å². The first-order valence-electron chi connectivity index (χ1n) is 11.0. The van der Waals surface area contributed by atoms with Gasteiger partial charge in [0.2, 0.25) is 5.91 Å². The van der Waals surface area contributed by atoms with Gasteiger partial charge in [-0.15, -0.1) is 11.3 Å². The molecule has 2 heterocycles. The van der Waals surface area contributed by atoms with Crippen molar-refractivity contribution < 1.29 is 4.79 Å². The summed E-state index contributed by atoms with van der Waals surface area (Å²) >= 11 is 2.80. The van der Waals surface area contributed by atoms with E-state index in [1.807, 2.05) is 36.4 Å². The van der Waals surface area contributed by atoms with Crippen LogP contribution < -0.4 is 10.9 Å². The van der Waals surface area contributed by atoms with Crippen LogP contribution in [0.5, 0.6) is 0 Å². The van der Waals surface area contributed by atoms with Crippen molar-refractivity contribution in [1.29, 1.82) is 5.26 Å². The summed E-state index contributed by atoms with van der Waals surface area (Å²) in [5, 5.41) is 13.6. The van der Waals surface area contributed by atoms with Crippen molar-refractivity contribution in [2.24, 2.45) is 0 Å². The molecule has 3 aromatic rings. The molecule has 166 valence electrons. The molecule has 4 rings (SSSR count). The van der Waals surface area contributed by atoms with Crippen LogP contribution in [0.2, 0.25) is 0 Å². The van der Waals surface area contributed by atoms with E-state index >= 15 is 0 Å². The number of carbonyl (C=O) groups is 1. The fourth-order valence-corrected chi connectivity index (χ4v) is 5.92. The summed E-state index contributed by atoms with van der Waals surface area (Å²) in [6.07, 6.45) is 4.86. The Labute approximate surface area is 195 Å². The number of hydrogen-bond donors (Lipinski definition) is 1. The fourth-order valence-electron chi connectivity index (χ4n) is 4.09. The van der Waals surface area contributed by atoms with Crippen molar-refractivity contribution in [3.05, 3.63) is 57.2 Å². The summed E-state index contributed by atoms with van der Waals surface area (Å²) in [6.45, 7) is 2.56. The maximum absolute atomic E-state index is 13.3. The third kappa shape index (κ3) is 4.89. The predicted octanol–water partition coefficient (Wildman–Crippen LogP) is 4.31. The van der Waals surface area contributed by atoms with Gasteiger partial charge in [0.1, 0.15) is 10.4 Å². The Kier molecular flexibility index (Phi) is 6.97. The predicted molar refractivity (Wildman–Crippen MR) is 129 cm³/mol. The molecule has 0 atom stereocenters. The van der Waals surface area contributed by atoms with E-state index in [9.17, 15) is 14.9 Å². The molecule has 1 amide bonds. The minimum absolute atomic E-state index is 0.0610. The third-order valence-corrected chi connectivity index (χ3v) is 8.01. The first-order valence-corrected chi connectivity index (χ1v) is 12.8. The van der Waals surface area contributed by atoms with Gasteiger partial charge in [-0.05, 0) is 50.2 Å². The number of benzene rings is 1. The van der Waals surface area contributed by atoms with Crippen LogP contribution in [0.3, 0.4) is 0 Å². The van der Waals surface area contributed by atoms with Crippen LogP contribution in [0.4, 0.5) is 0 Å². The lowest BCUT2D eigenvalue weighted by atomic mass is 10.0. The molecule has 1 fully saturated rings. The minimum atomic E-state index is -0.744. The molecule has 0 bridgehead atoms. The standard InChI is InChI=1S/C24H26N4O2S2/c1-2-18-14-19-21(32-18)26-23(28(22(19)30)13-10-17-8-4-3-5-9-17)31-15-20(29)27-24(16-25)11-6-7-12-24/h3-5,8-9,14H,2,6-7,10-13,15H2,1H3,(H,27,29). The Morgan fingerprint density at radius 1 is 1.31 bits per heavy atom. The topological polar surface area (TPSA) is 87.8 Å². The highest BCUT2D eigenvalue weighted by atomic mass is 32.2. The second kappa shape index (κ2) is 9.88. The van der Waals surface area contributed by atoms with Gasteiger partial charge in [0.15, 0.2) is 5.16 Å². The Bertz CT molecular complexity index is 1200. The second-order valence-corrected chi connectivity index (χ2v) is 10.2. The highest BCUT2D eigenvalue weighted by Crippen LogP contribution is 2.29. The maximum atomic E-state index is 13.3. The minimum Gasteiger partial charge on any atom is -0.337 e. The Morgan fingerprint density at radius 2 is 2.06 bits per heavy atom. The van der Waals surface area contributed by atoms with Gasteiger partial charge in [0, 0.05) is 11.4 Å². The molecule has 32 heavy (non-hydrogen) atoms. The van der Waals surface area contributed by atoms with Crippen molar-refractivity contribution in [1.82, 2.24) is 14.9 Å². The number of thiophene rings is 1. The molecule has 0 unspecified atom stereocenters. The lowest BCUT2D eigenvalue weighted by Crippen LogP contribution is -2.45. The molecule has 0 spiro atoms. The van der Waals surface area contributed by atoms with Gasteiger partial charge in [-0.2, -0.15) is 5.26 Å². The second-order valence-electron chi connectivity index (χ2n) is 8.11. The number of hydrogen-bond acceptors (Lipinski definition) is 6. The van der Waals surface area contributed by atoms with Crippen molar-refractivity contribution >= 4 is 39.2 Å². The van der Waals surface area contributed by atoms with Gasteiger partial charge >= 0.3 is 0 Å². The smallest absolute Gasteiger partial charge is 0.262 e. The molecule has 0 saturated heterocycles. The van der Waals surface area contributed by atoms with Crippen LogP contribution in [0.15, 0.2) is 46.3 Å². The van der Waals surface area contributed by atoms with Gasteiger partial charge < -0.3 is 5.32 Å². The highest BCUT2D eigenvalue weighted by Gasteiger charge is 2.35. The van der Waals surface area contributed by atoms with Gasteiger partial charge in [0.05, 0.1) is 17.2 Å². The largest absolute Gasteiger partial charge is 0.337 e. The van der Waals surface area contributed by atoms with Gasteiger partial charge in [0.25, 0.3) is 5.56 Å². The van der Waals surface area contributed by atoms with Crippen molar-refractivity contribution in [2.45, 2.75) is 62.7 Å². The first-order chi connectivity index (χ1) is 15.5. The fraction of sp³-hybridized carbons (Fsp3) is 0.417. The van der Waals surface area contributed by atoms with E-state index in [1.54, 1.807) is 4.57 Å². The van der Waals surface area contributed by atoms with Crippen LogP contribution in [0, 0.1) is 11.3 Å². The number of aromatic nitrogens is 2. The zero-order chi connectivity index (χ0) is 22.6. The summed E-state index contributed by atoms with van der Waals surface area (Å²) < 4.78 is 1.69. The number of rotatable bonds is 8. The van der Waals surface area contributed by atoms with E-state index in [-0.39, 0.29) is 17.2 Å². The molecule has 0 aliphatic heterocycles. The van der Waals surface area contributed by atoms with Crippen molar-refractivity contribution in [3.8, 4) is 6.07 Å². The quantitative estimate of drug-likeness (QED) is 0.395. The number of amides is 1. The number of nitrogens with zero attached hydrogens (tertiary/aromatic N) is 3. The number of aryl methyl sites for hydroxylation is 2. The van der Waals surface area contributed by atoms with Crippen molar-refractivity contribution in [3.63, 3.8) is 0 Å². The lowest BCUT2D eigenvalue weighted by Gasteiger charge is -2.21. The summed E-state index contributed by atoms with van der Waals surface area (Å²) in [4.78, 5) is 32.5.